The summed E-state index contributed by atoms with van der Waals surface area (Å²) >= 11 is 0.903. The Balaban J connectivity index is 1.30. The van der Waals surface area contributed by atoms with E-state index in [1.165, 1.54) is 0 Å². The standard InChI is InChI=1S/C27H30N4O4S/c1-3-29(4-2)21-12-10-19(11-13-21)16-23-26(34)30(27(35)36-23)15-14-28-25(33)20-17-24(32)31(18-20)22-8-6-5-7-9-22/h5-13,16,20H,3-4,14-15,17-18H2,1-2H3,(H,28,33)/b23-16-/t20-/m0/s1. The summed E-state index contributed by atoms with van der Waals surface area (Å²) < 4.78 is 0. The third-order valence-electron chi connectivity index (χ3n) is 6.39. The first-order valence-corrected chi connectivity index (χ1v) is 13.0. The van der Waals surface area contributed by atoms with Crippen molar-refractivity contribution < 1.29 is 19.2 Å². The van der Waals surface area contributed by atoms with E-state index in [1.54, 1.807) is 11.0 Å². The molecule has 2 aromatic rings. The highest BCUT2D eigenvalue weighted by Crippen LogP contribution is 2.32. The van der Waals surface area contributed by atoms with E-state index in [0.29, 0.717) is 11.4 Å². The lowest BCUT2D eigenvalue weighted by Crippen LogP contribution is -2.40. The maximum atomic E-state index is 12.8. The van der Waals surface area contributed by atoms with Gasteiger partial charge in [0.15, 0.2) is 0 Å². The van der Waals surface area contributed by atoms with Crippen LogP contribution in [0.3, 0.4) is 0 Å². The number of imide groups is 1. The Morgan fingerprint density at radius 3 is 2.42 bits per heavy atom. The van der Waals surface area contributed by atoms with Gasteiger partial charge in [-0.1, -0.05) is 30.3 Å². The van der Waals surface area contributed by atoms with Crippen LogP contribution in [0.4, 0.5) is 16.2 Å². The molecular formula is C27H30N4O4S. The summed E-state index contributed by atoms with van der Waals surface area (Å²) in [5.41, 5.74) is 2.72. The molecule has 0 spiro atoms. The molecule has 0 unspecified atom stereocenters. The lowest BCUT2D eigenvalue weighted by Gasteiger charge is -2.20. The van der Waals surface area contributed by atoms with Crippen LogP contribution in [-0.2, 0) is 14.4 Å². The van der Waals surface area contributed by atoms with Crippen LogP contribution >= 0.6 is 11.8 Å². The second-order valence-corrected chi connectivity index (χ2v) is 9.62. The quantitative estimate of drug-likeness (QED) is 0.521. The van der Waals surface area contributed by atoms with Crippen molar-refractivity contribution in [2.45, 2.75) is 20.3 Å². The summed E-state index contributed by atoms with van der Waals surface area (Å²) in [4.78, 5) is 55.6. The minimum absolute atomic E-state index is 0.0811. The number of para-hydroxylation sites is 1. The summed E-state index contributed by atoms with van der Waals surface area (Å²) in [6.45, 7) is 6.55. The zero-order chi connectivity index (χ0) is 25.7. The van der Waals surface area contributed by atoms with Gasteiger partial charge in [0.25, 0.3) is 11.1 Å². The monoisotopic (exact) mass is 506 g/mol. The molecule has 2 aromatic carbocycles. The number of carbonyl (C=O) groups is 4. The number of carbonyl (C=O) groups excluding carboxylic acids is 4. The summed E-state index contributed by atoms with van der Waals surface area (Å²) in [6, 6.07) is 17.1. The molecule has 2 fully saturated rings. The number of hydrogen-bond donors (Lipinski definition) is 1. The van der Waals surface area contributed by atoms with Crippen LogP contribution in [0.15, 0.2) is 59.5 Å². The molecule has 9 heteroatoms. The van der Waals surface area contributed by atoms with Crippen molar-refractivity contribution >= 4 is 52.2 Å². The molecule has 188 valence electrons. The number of thioether (sulfide) groups is 1. The maximum Gasteiger partial charge on any atom is 0.293 e. The Morgan fingerprint density at radius 1 is 1.06 bits per heavy atom. The third kappa shape index (κ3) is 5.62. The first-order chi connectivity index (χ1) is 17.4. The van der Waals surface area contributed by atoms with Crippen molar-refractivity contribution in [3.05, 3.63) is 65.1 Å². The molecule has 0 saturated carbocycles. The molecule has 2 aliphatic rings. The number of amides is 4. The van der Waals surface area contributed by atoms with Crippen molar-refractivity contribution in [2.75, 3.05) is 42.5 Å². The van der Waals surface area contributed by atoms with Gasteiger partial charge in [-0.25, -0.2) is 0 Å². The highest BCUT2D eigenvalue weighted by molar-refractivity contribution is 8.18. The van der Waals surface area contributed by atoms with Crippen LogP contribution in [0.2, 0.25) is 0 Å². The predicted molar refractivity (Wildman–Crippen MR) is 143 cm³/mol. The normalized spacial score (nSPS) is 18.9. The second-order valence-electron chi connectivity index (χ2n) is 8.63. The molecule has 4 rings (SSSR count). The van der Waals surface area contributed by atoms with Gasteiger partial charge in [-0.2, -0.15) is 0 Å². The zero-order valence-electron chi connectivity index (χ0n) is 20.5. The highest BCUT2D eigenvalue weighted by atomic mass is 32.2. The lowest BCUT2D eigenvalue weighted by atomic mass is 10.1. The third-order valence-corrected chi connectivity index (χ3v) is 7.30. The number of benzene rings is 2. The Kier molecular flexibility index (Phi) is 8.10. The Bertz CT molecular complexity index is 1160. The molecule has 36 heavy (non-hydrogen) atoms. The van der Waals surface area contributed by atoms with Gasteiger partial charge in [-0.15, -0.1) is 0 Å². The van der Waals surface area contributed by atoms with Crippen LogP contribution < -0.4 is 15.1 Å². The van der Waals surface area contributed by atoms with E-state index in [9.17, 15) is 19.2 Å². The molecular weight excluding hydrogens is 476 g/mol. The van der Waals surface area contributed by atoms with Crippen LogP contribution in [0.5, 0.6) is 0 Å². The van der Waals surface area contributed by atoms with E-state index in [-0.39, 0.29) is 42.5 Å². The van der Waals surface area contributed by atoms with Gasteiger partial charge in [-0.05, 0) is 61.5 Å². The molecule has 0 bridgehead atoms. The van der Waals surface area contributed by atoms with Gasteiger partial charge in [0, 0.05) is 50.5 Å². The molecule has 0 aromatic heterocycles. The summed E-state index contributed by atoms with van der Waals surface area (Å²) in [5.74, 6) is -1.18. The van der Waals surface area contributed by atoms with E-state index >= 15 is 0 Å². The highest BCUT2D eigenvalue weighted by Gasteiger charge is 2.37. The summed E-state index contributed by atoms with van der Waals surface area (Å²) in [6.07, 6.45) is 1.86. The van der Waals surface area contributed by atoms with Gasteiger partial charge in [0.2, 0.25) is 11.8 Å². The van der Waals surface area contributed by atoms with Gasteiger partial charge in [0.05, 0.1) is 10.8 Å². The van der Waals surface area contributed by atoms with E-state index in [0.717, 1.165) is 46.7 Å². The maximum absolute atomic E-state index is 12.8. The molecule has 1 N–H and O–H groups in total. The topological polar surface area (TPSA) is 90.0 Å². The molecule has 2 saturated heterocycles. The fourth-order valence-electron chi connectivity index (χ4n) is 4.39. The predicted octanol–water partition coefficient (Wildman–Crippen LogP) is 3.74. The Labute approximate surface area is 215 Å². The van der Waals surface area contributed by atoms with Crippen LogP contribution in [-0.4, -0.2) is 60.6 Å². The Morgan fingerprint density at radius 2 is 1.75 bits per heavy atom. The SMILES string of the molecule is CCN(CC)c1ccc(/C=C2\SC(=O)N(CCNC(=O)[C@H]3CC(=O)N(c4ccccc4)C3)C2=O)cc1. The minimum Gasteiger partial charge on any atom is -0.372 e. The van der Waals surface area contributed by atoms with Crippen molar-refractivity contribution in [2.24, 2.45) is 5.92 Å². The zero-order valence-corrected chi connectivity index (χ0v) is 21.3. The molecule has 0 radical (unpaired) electrons. The van der Waals surface area contributed by atoms with Crippen molar-refractivity contribution in [1.29, 1.82) is 0 Å². The first kappa shape index (κ1) is 25.5. The molecule has 0 aliphatic carbocycles. The largest absolute Gasteiger partial charge is 0.372 e. The molecule has 1 atom stereocenters. The van der Waals surface area contributed by atoms with E-state index in [2.05, 4.69) is 24.1 Å². The van der Waals surface area contributed by atoms with Crippen molar-refractivity contribution in [1.82, 2.24) is 10.2 Å². The number of nitrogens with zero attached hydrogens (tertiary/aromatic N) is 3. The fraction of sp³-hybridized carbons (Fsp3) is 0.333. The van der Waals surface area contributed by atoms with Crippen LogP contribution in [0.1, 0.15) is 25.8 Å². The average Bonchev–Trinajstić information content (AvgIpc) is 3.41. The van der Waals surface area contributed by atoms with Crippen molar-refractivity contribution in [3.63, 3.8) is 0 Å². The van der Waals surface area contributed by atoms with E-state index < -0.39 is 5.92 Å². The number of anilines is 2. The van der Waals surface area contributed by atoms with Gasteiger partial charge >= 0.3 is 0 Å². The van der Waals surface area contributed by atoms with Crippen molar-refractivity contribution in [3.8, 4) is 0 Å². The smallest absolute Gasteiger partial charge is 0.293 e. The van der Waals surface area contributed by atoms with E-state index in [1.807, 2.05) is 54.6 Å². The molecule has 4 amide bonds. The minimum atomic E-state index is -0.466. The summed E-state index contributed by atoms with van der Waals surface area (Å²) in [5, 5.41) is 2.43. The van der Waals surface area contributed by atoms with Crippen LogP contribution in [0, 0.1) is 5.92 Å². The summed E-state index contributed by atoms with van der Waals surface area (Å²) in [7, 11) is 0. The van der Waals surface area contributed by atoms with Gasteiger partial charge in [0.1, 0.15) is 0 Å². The fourth-order valence-corrected chi connectivity index (χ4v) is 5.26. The molecule has 8 nitrogen and oxygen atoms in total. The number of nitrogens with one attached hydrogen (secondary N) is 1. The first-order valence-electron chi connectivity index (χ1n) is 12.1. The Hall–Kier alpha value is -3.59. The molecule has 2 aliphatic heterocycles. The number of rotatable bonds is 9. The molecule has 2 heterocycles. The van der Waals surface area contributed by atoms with Gasteiger partial charge in [-0.3, -0.25) is 24.1 Å². The van der Waals surface area contributed by atoms with Gasteiger partial charge < -0.3 is 15.1 Å². The average molecular weight is 507 g/mol. The lowest BCUT2D eigenvalue weighted by molar-refractivity contribution is -0.127. The van der Waals surface area contributed by atoms with Crippen LogP contribution in [0.25, 0.3) is 6.08 Å². The number of hydrogen-bond acceptors (Lipinski definition) is 6. The van der Waals surface area contributed by atoms with E-state index in [4.69, 9.17) is 0 Å². The second kappa shape index (κ2) is 11.4.